The molecule has 1 aromatic carbocycles. The Hall–Kier alpha value is -1.49. The first-order chi connectivity index (χ1) is 7.19. The quantitative estimate of drug-likeness (QED) is 0.575. The van der Waals surface area contributed by atoms with E-state index in [4.69, 9.17) is 15.2 Å². The summed E-state index contributed by atoms with van der Waals surface area (Å²) in [6.45, 7) is 1.16. The number of nitrogens with one attached hydrogen (secondary N) is 1. The number of ether oxygens (including phenoxy) is 2. The number of anilines is 2. The average molecular weight is 214 g/mol. The molecule has 0 bridgehead atoms. The molecule has 5 heteroatoms. The van der Waals surface area contributed by atoms with Gasteiger partial charge in [-0.15, -0.1) is 0 Å². The van der Waals surface area contributed by atoms with Gasteiger partial charge in [-0.05, 0) is 0 Å². The summed E-state index contributed by atoms with van der Waals surface area (Å²) in [4.78, 5) is 0. The van der Waals surface area contributed by atoms with Crippen molar-refractivity contribution in [1.82, 2.24) is 0 Å². The van der Waals surface area contributed by atoms with E-state index >= 15 is 0 Å². The van der Waals surface area contributed by atoms with Crippen LogP contribution in [0.5, 0.6) is 5.75 Å². The van der Waals surface area contributed by atoms with Crippen molar-refractivity contribution in [2.75, 3.05) is 38.4 Å². The van der Waals surface area contributed by atoms with E-state index in [2.05, 4.69) is 5.32 Å². The Morgan fingerprint density at radius 3 is 2.73 bits per heavy atom. The predicted octanol–water partition coefficient (Wildman–Crippen LogP) is 1.47. The lowest BCUT2D eigenvalue weighted by molar-refractivity contribution is 0.211. The summed E-state index contributed by atoms with van der Waals surface area (Å²) < 4.78 is 22.9. The number of methoxy groups -OCH3 is 2. The van der Waals surface area contributed by atoms with Crippen molar-refractivity contribution in [2.24, 2.45) is 0 Å². The van der Waals surface area contributed by atoms with E-state index in [0.29, 0.717) is 24.5 Å². The summed E-state index contributed by atoms with van der Waals surface area (Å²) >= 11 is 0. The monoisotopic (exact) mass is 214 g/mol. The van der Waals surface area contributed by atoms with E-state index in [9.17, 15) is 4.39 Å². The molecule has 0 unspecified atom stereocenters. The molecule has 1 rings (SSSR count). The van der Waals surface area contributed by atoms with Gasteiger partial charge in [0, 0.05) is 25.8 Å². The van der Waals surface area contributed by atoms with E-state index in [1.807, 2.05) is 0 Å². The van der Waals surface area contributed by atoms with Crippen molar-refractivity contribution in [3.8, 4) is 5.75 Å². The van der Waals surface area contributed by atoms with Crippen LogP contribution in [0, 0.1) is 5.82 Å². The van der Waals surface area contributed by atoms with Gasteiger partial charge in [0.05, 0.1) is 25.1 Å². The second-order valence-corrected chi connectivity index (χ2v) is 2.99. The molecular formula is C10H15FN2O2. The molecule has 3 N–H and O–H groups in total. The van der Waals surface area contributed by atoms with Crippen molar-refractivity contribution in [1.29, 1.82) is 0 Å². The van der Waals surface area contributed by atoms with Gasteiger partial charge in [-0.25, -0.2) is 4.39 Å². The first kappa shape index (κ1) is 11.6. The van der Waals surface area contributed by atoms with Crippen molar-refractivity contribution in [3.63, 3.8) is 0 Å². The third kappa shape index (κ3) is 2.99. The number of rotatable bonds is 5. The van der Waals surface area contributed by atoms with Crippen LogP contribution in [0.3, 0.4) is 0 Å². The summed E-state index contributed by atoms with van der Waals surface area (Å²) in [5, 5.41) is 3.02. The van der Waals surface area contributed by atoms with Crippen LogP contribution in [-0.2, 0) is 4.74 Å². The molecule has 0 fully saturated rings. The SMILES string of the molecule is COCCNc1cc(OC)c(F)cc1N. The largest absolute Gasteiger partial charge is 0.494 e. The zero-order valence-corrected chi connectivity index (χ0v) is 8.84. The number of hydrogen-bond acceptors (Lipinski definition) is 4. The van der Waals surface area contributed by atoms with Crippen LogP contribution in [0.2, 0.25) is 0 Å². The molecular weight excluding hydrogens is 199 g/mol. The van der Waals surface area contributed by atoms with Crippen molar-refractivity contribution in [3.05, 3.63) is 17.9 Å². The Morgan fingerprint density at radius 2 is 2.13 bits per heavy atom. The number of hydrogen-bond donors (Lipinski definition) is 2. The van der Waals surface area contributed by atoms with Crippen LogP contribution in [0.25, 0.3) is 0 Å². The third-order valence-corrected chi connectivity index (χ3v) is 1.95. The predicted molar refractivity (Wildman–Crippen MR) is 57.7 cm³/mol. The van der Waals surface area contributed by atoms with Gasteiger partial charge in [0.1, 0.15) is 0 Å². The highest BCUT2D eigenvalue weighted by atomic mass is 19.1. The maximum absolute atomic E-state index is 13.2. The average Bonchev–Trinajstić information content (AvgIpc) is 2.21. The standard InChI is InChI=1S/C10H15FN2O2/c1-14-4-3-13-9-6-10(15-2)7(11)5-8(9)12/h5-6,13H,3-4,12H2,1-2H3. The van der Waals surface area contributed by atoms with Crippen LogP contribution in [0.1, 0.15) is 0 Å². The fourth-order valence-corrected chi connectivity index (χ4v) is 1.17. The fraction of sp³-hybridized carbons (Fsp3) is 0.400. The lowest BCUT2D eigenvalue weighted by Gasteiger charge is -2.11. The molecule has 0 saturated heterocycles. The van der Waals surface area contributed by atoms with Crippen LogP contribution in [0.4, 0.5) is 15.8 Å². The van der Waals surface area contributed by atoms with Crippen molar-refractivity contribution < 1.29 is 13.9 Å². The van der Waals surface area contributed by atoms with Gasteiger partial charge in [0.2, 0.25) is 0 Å². The Bertz CT molecular complexity index is 331. The summed E-state index contributed by atoms with van der Waals surface area (Å²) in [6, 6.07) is 2.76. The Labute approximate surface area is 88.2 Å². The smallest absolute Gasteiger partial charge is 0.167 e. The molecule has 0 aliphatic rings. The lowest BCUT2D eigenvalue weighted by Crippen LogP contribution is -2.09. The highest BCUT2D eigenvalue weighted by Gasteiger charge is 2.07. The molecule has 1 aromatic rings. The molecule has 0 heterocycles. The maximum atomic E-state index is 13.2. The summed E-state index contributed by atoms with van der Waals surface area (Å²) in [6.07, 6.45) is 0. The van der Waals surface area contributed by atoms with Gasteiger partial charge in [0.15, 0.2) is 11.6 Å². The van der Waals surface area contributed by atoms with E-state index in [1.165, 1.54) is 19.2 Å². The molecule has 0 amide bonds. The molecule has 0 radical (unpaired) electrons. The molecule has 0 aromatic heterocycles. The maximum Gasteiger partial charge on any atom is 0.167 e. The van der Waals surface area contributed by atoms with E-state index < -0.39 is 5.82 Å². The minimum Gasteiger partial charge on any atom is -0.494 e. The van der Waals surface area contributed by atoms with Gasteiger partial charge in [-0.1, -0.05) is 0 Å². The lowest BCUT2D eigenvalue weighted by atomic mass is 10.2. The highest BCUT2D eigenvalue weighted by Crippen LogP contribution is 2.27. The summed E-state index contributed by atoms with van der Waals surface area (Å²) in [5.74, 6) is -0.295. The number of benzene rings is 1. The molecule has 84 valence electrons. The van der Waals surface area contributed by atoms with E-state index in [-0.39, 0.29) is 5.75 Å². The van der Waals surface area contributed by atoms with Gasteiger partial charge in [0.25, 0.3) is 0 Å². The van der Waals surface area contributed by atoms with Crippen LogP contribution in [-0.4, -0.2) is 27.4 Å². The van der Waals surface area contributed by atoms with Gasteiger partial charge in [-0.3, -0.25) is 0 Å². The number of halogens is 1. The van der Waals surface area contributed by atoms with Crippen molar-refractivity contribution >= 4 is 11.4 Å². The normalized spacial score (nSPS) is 10.1. The first-order valence-electron chi connectivity index (χ1n) is 4.55. The molecule has 0 atom stereocenters. The summed E-state index contributed by atoms with van der Waals surface area (Å²) in [7, 11) is 3.02. The first-order valence-corrected chi connectivity index (χ1v) is 4.55. The minimum absolute atomic E-state index is 0.170. The van der Waals surface area contributed by atoms with Crippen LogP contribution >= 0.6 is 0 Å². The Morgan fingerprint density at radius 1 is 1.40 bits per heavy atom. The van der Waals surface area contributed by atoms with E-state index in [1.54, 1.807) is 7.11 Å². The number of nitrogens with two attached hydrogens (primary N) is 1. The van der Waals surface area contributed by atoms with Gasteiger partial charge in [-0.2, -0.15) is 0 Å². The zero-order chi connectivity index (χ0) is 11.3. The zero-order valence-electron chi connectivity index (χ0n) is 8.84. The van der Waals surface area contributed by atoms with Crippen LogP contribution in [0.15, 0.2) is 12.1 Å². The highest BCUT2D eigenvalue weighted by molar-refractivity contribution is 5.68. The Balaban J connectivity index is 2.78. The van der Waals surface area contributed by atoms with E-state index in [0.717, 1.165) is 0 Å². The van der Waals surface area contributed by atoms with Gasteiger partial charge >= 0.3 is 0 Å². The van der Waals surface area contributed by atoms with Crippen molar-refractivity contribution in [2.45, 2.75) is 0 Å². The molecule has 4 nitrogen and oxygen atoms in total. The topological polar surface area (TPSA) is 56.5 Å². The second kappa shape index (κ2) is 5.41. The number of nitrogen functional groups attached to an aromatic ring is 1. The Kier molecular flexibility index (Phi) is 4.17. The van der Waals surface area contributed by atoms with Crippen LogP contribution < -0.4 is 15.8 Å². The molecule has 0 aliphatic carbocycles. The second-order valence-electron chi connectivity index (χ2n) is 2.99. The fourth-order valence-electron chi connectivity index (χ4n) is 1.17. The molecule has 15 heavy (non-hydrogen) atoms. The molecule has 0 spiro atoms. The molecule has 0 aliphatic heterocycles. The third-order valence-electron chi connectivity index (χ3n) is 1.95. The summed E-state index contributed by atoms with van der Waals surface area (Å²) in [5.41, 5.74) is 6.62. The minimum atomic E-state index is -0.465. The molecule has 0 saturated carbocycles. The van der Waals surface area contributed by atoms with Gasteiger partial charge < -0.3 is 20.5 Å².